The van der Waals surface area contributed by atoms with Gasteiger partial charge in [-0.25, -0.2) is 4.57 Å². The summed E-state index contributed by atoms with van der Waals surface area (Å²) in [7, 11) is -4.27. The second-order valence-corrected chi connectivity index (χ2v) is 14.3. The Morgan fingerprint density at radius 2 is 0.667 bits per heavy atom. The van der Waals surface area contributed by atoms with E-state index in [1.54, 1.807) is 0 Å². The summed E-state index contributed by atoms with van der Waals surface area (Å²) in [5.74, 6) is 0. The highest BCUT2D eigenvalue weighted by atomic mass is 32.1. The first-order chi connectivity index (χ1) is 18.9. The van der Waals surface area contributed by atoms with Gasteiger partial charge in [0.15, 0.2) is 0 Å². The number of rotatable bonds is 33. The fraction of sp³-hybridized carbons (Fsp3) is 0.969. The summed E-state index contributed by atoms with van der Waals surface area (Å²) in [4.78, 5) is 17.2. The van der Waals surface area contributed by atoms with Crippen LogP contribution >= 0.6 is 32.7 Å². The minimum absolute atomic E-state index is 0.167. The molecule has 0 fully saturated rings. The van der Waals surface area contributed by atoms with E-state index in [0.29, 0.717) is 0 Å². The van der Waals surface area contributed by atoms with Crippen molar-refractivity contribution in [3.05, 3.63) is 0 Å². The van der Waals surface area contributed by atoms with Gasteiger partial charge in [-0.2, -0.15) is 0 Å². The first kappa shape index (κ1) is 39.5. The van der Waals surface area contributed by atoms with Crippen molar-refractivity contribution in [3.8, 4) is 0 Å². The first-order valence-corrected chi connectivity index (χ1v) is 19.2. The van der Waals surface area contributed by atoms with Gasteiger partial charge < -0.3 is 9.79 Å². The maximum Gasteiger partial charge on any atom is 0.469 e. The number of thiol groups is 1. The Bertz CT molecular complexity index is 556. The monoisotopic (exact) mass is 608 g/mol. The van der Waals surface area contributed by atoms with Crippen LogP contribution < -0.4 is 0 Å². The highest BCUT2D eigenvalue weighted by Crippen LogP contribution is 2.35. The fourth-order valence-corrected chi connectivity index (χ4v) is 6.00. The molecule has 0 rings (SSSR count). The molecule has 0 aromatic carbocycles. The minimum atomic E-state index is -4.27. The zero-order chi connectivity index (χ0) is 28.7. The molecule has 0 spiro atoms. The zero-order valence-electron chi connectivity index (χ0n) is 25.4. The lowest BCUT2D eigenvalue weighted by Gasteiger charge is -2.05. The largest absolute Gasteiger partial charge is 0.469 e. The number of unbranched alkanes of at least 4 members (excludes halogenated alkanes) is 28. The van der Waals surface area contributed by atoms with Crippen LogP contribution in [0.5, 0.6) is 0 Å². The van der Waals surface area contributed by atoms with Crippen LogP contribution in [0.15, 0.2) is 0 Å². The van der Waals surface area contributed by atoms with Crippen molar-refractivity contribution < 1.29 is 18.9 Å². The summed E-state index contributed by atoms with van der Waals surface area (Å²) in [6.45, 7) is 0.167. The van der Waals surface area contributed by atoms with Gasteiger partial charge >= 0.3 is 7.82 Å². The number of phosphoric acid groups is 1. The van der Waals surface area contributed by atoms with Crippen molar-refractivity contribution in [1.29, 1.82) is 0 Å². The summed E-state index contributed by atoms with van der Waals surface area (Å²) >= 11 is 9.19. The van der Waals surface area contributed by atoms with E-state index in [9.17, 15) is 4.57 Å². The summed E-state index contributed by atoms with van der Waals surface area (Å²) < 4.78 is 15.9. The molecule has 234 valence electrons. The van der Waals surface area contributed by atoms with Crippen LogP contribution in [0.2, 0.25) is 0 Å². The molecule has 0 unspecified atom stereocenters. The number of phosphoric ester groups is 1. The lowest BCUT2D eigenvalue weighted by molar-refractivity contribution is 0.193. The number of thiocarbonyl (C=S) groups is 1. The normalized spacial score (nSPS) is 11.9. The van der Waals surface area contributed by atoms with E-state index in [0.717, 1.165) is 29.9 Å². The van der Waals surface area contributed by atoms with Crippen molar-refractivity contribution in [2.24, 2.45) is 0 Å². The van der Waals surface area contributed by atoms with Crippen molar-refractivity contribution in [1.82, 2.24) is 0 Å². The van der Waals surface area contributed by atoms with Gasteiger partial charge in [0.25, 0.3) is 0 Å². The van der Waals surface area contributed by atoms with E-state index >= 15 is 0 Å². The van der Waals surface area contributed by atoms with Gasteiger partial charge in [0.05, 0.1) is 6.61 Å². The lowest BCUT2D eigenvalue weighted by atomic mass is 10.0. The summed E-state index contributed by atoms with van der Waals surface area (Å²) in [5.41, 5.74) is 0. The van der Waals surface area contributed by atoms with Crippen LogP contribution in [0, 0.1) is 0 Å². The topological polar surface area (TPSA) is 66.8 Å². The van der Waals surface area contributed by atoms with Crippen LogP contribution in [-0.2, 0) is 9.09 Å². The standard InChI is InChI=1S/C32H65O4PS2/c33-37(34,35)36-31-29-27-25-23-21-19-17-15-13-11-9-7-5-3-1-2-4-6-8-10-12-14-16-18-20-22-24-26-28-30-32(38)39/h1-31H2,(H,38,39)(H2,33,34,35). The molecule has 0 aliphatic carbocycles. The van der Waals surface area contributed by atoms with Crippen molar-refractivity contribution in [2.75, 3.05) is 6.61 Å². The fourth-order valence-electron chi connectivity index (χ4n) is 5.33. The molecular weight excluding hydrogens is 543 g/mol. The van der Waals surface area contributed by atoms with Crippen LogP contribution in [0.4, 0.5) is 0 Å². The Hall–Kier alpha value is 0.550. The molecule has 0 aromatic rings. The summed E-state index contributed by atoms with van der Waals surface area (Å²) in [6, 6.07) is 0. The van der Waals surface area contributed by atoms with Gasteiger partial charge in [0.1, 0.15) is 0 Å². The molecule has 0 aromatic heterocycles. The van der Waals surface area contributed by atoms with Gasteiger partial charge in [-0.05, 0) is 19.3 Å². The van der Waals surface area contributed by atoms with Crippen LogP contribution in [0.25, 0.3) is 0 Å². The summed E-state index contributed by atoms with van der Waals surface area (Å²) in [6.07, 6.45) is 40.1. The van der Waals surface area contributed by atoms with Gasteiger partial charge in [-0.15, -0.1) is 12.6 Å². The van der Waals surface area contributed by atoms with Gasteiger partial charge in [0, 0.05) is 4.20 Å². The average molecular weight is 609 g/mol. The highest BCUT2D eigenvalue weighted by Gasteiger charge is 2.12. The summed E-state index contributed by atoms with van der Waals surface area (Å²) in [5, 5.41) is 0. The molecule has 0 aliphatic rings. The van der Waals surface area contributed by atoms with E-state index in [2.05, 4.69) is 17.2 Å². The molecule has 0 aliphatic heterocycles. The van der Waals surface area contributed by atoms with Crippen LogP contribution in [0.1, 0.15) is 193 Å². The quantitative estimate of drug-likeness (QED) is 0.0299. The van der Waals surface area contributed by atoms with E-state index in [4.69, 9.17) is 22.0 Å². The Balaban J connectivity index is 3.06. The molecule has 4 nitrogen and oxygen atoms in total. The molecule has 0 radical (unpaired) electrons. The SMILES string of the molecule is O=P(O)(O)OCCCCCCCCCCCCCCCCCCCCCCCCCCCCCCCC(=S)S. The van der Waals surface area contributed by atoms with Gasteiger partial charge in [-0.1, -0.05) is 186 Å². The minimum Gasteiger partial charge on any atom is -0.303 e. The van der Waals surface area contributed by atoms with E-state index in [-0.39, 0.29) is 6.61 Å². The Kier molecular flexibility index (Phi) is 31.9. The zero-order valence-corrected chi connectivity index (χ0v) is 28.0. The predicted octanol–water partition coefficient (Wildman–Crippen LogP) is 12.1. The number of hydrogen-bond donors (Lipinski definition) is 3. The average Bonchev–Trinajstić information content (AvgIpc) is 2.88. The van der Waals surface area contributed by atoms with Gasteiger partial charge in [-0.3, -0.25) is 4.52 Å². The highest BCUT2D eigenvalue weighted by molar-refractivity contribution is 8.11. The molecule has 39 heavy (non-hydrogen) atoms. The molecule has 0 atom stereocenters. The first-order valence-electron chi connectivity index (χ1n) is 16.8. The maximum absolute atomic E-state index is 10.6. The molecule has 2 N–H and O–H groups in total. The van der Waals surface area contributed by atoms with E-state index < -0.39 is 7.82 Å². The predicted molar refractivity (Wildman–Crippen MR) is 178 cm³/mol. The molecule has 0 heterocycles. The molecule has 0 bridgehead atoms. The van der Waals surface area contributed by atoms with Crippen LogP contribution in [-0.4, -0.2) is 20.6 Å². The molecule has 7 heteroatoms. The van der Waals surface area contributed by atoms with Gasteiger partial charge in [0.2, 0.25) is 0 Å². The Morgan fingerprint density at radius 1 is 0.462 bits per heavy atom. The van der Waals surface area contributed by atoms with E-state index in [1.165, 1.54) is 167 Å². The third-order valence-corrected chi connectivity index (χ3v) is 8.74. The second-order valence-electron chi connectivity index (χ2n) is 11.7. The molecular formula is C32H65O4PS2. The number of hydrogen-bond acceptors (Lipinski definition) is 3. The third-order valence-electron chi connectivity index (χ3n) is 7.79. The Morgan fingerprint density at radius 3 is 0.872 bits per heavy atom. The van der Waals surface area contributed by atoms with Crippen molar-refractivity contribution >= 4 is 36.9 Å². The third kappa shape index (κ3) is 38.5. The molecule has 0 amide bonds. The van der Waals surface area contributed by atoms with E-state index in [1.807, 2.05) is 0 Å². The Labute approximate surface area is 254 Å². The van der Waals surface area contributed by atoms with Crippen LogP contribution in [0.3, 0.4) is 0 Å². The smallest absolute Gasteiger partial charge is 0.303 e. The van der Waals surface area contributed by atoms with Crippen molar-refractivity contribution in [2.45, 2.75) is 193 Å². The lowest BCUT2D eigenvalue weighted by Crippen LogP contribution is -1.92. The molecule has 0 saturated carbocycles. The molecule has 0 saturated heterocycles. The maximum atomic E-state index is 10.6. The van der Waals surface area contributed by atoms with Crippen molar-refractivity contribution in [3.63, 3.8) is 0 Å². The second kappa shape index (κ2) is 31.5.